The number of hydrogen-bond acceptors (Lipinski definition) is 3. The first kappa shape index (κ1) is 8.56. The number of rotatable bonds is 3. The Bertz CT molecular complexity index is 266. The third-order valence-electron chi connectivity index (χ3n) is 2.25. The van der Waals surface area contributed by atoms with Crippen molar-refractivity contribution in [3.63, 3.8) is 0 Å². The van der Waals surface area contributed by atoms with Crippen LogP contribution in [0.25, 0.3) is 0 Å². The molecule has 13 heavy (non-hydrogen) atoms. The Morgan fingerprint density at radius 3 is 3.31 bits per heavy atom. The normalized spacial score (nSPS) is 22.1. The molecule has 1 aromatic rings. The number of nitrogens with one attached hydrogen (secondary N) is 1. The van der Waals surface area contributed by atoms with Crippen LogP contribution in [0.2, 0.25) is 0 Å². The lowest BCUT2D eigenvalue weighted by molar-refractivity contribution is 0.223. The minimum absolute atomic E-state index is 0.328. The molecule has 2 rings (SSSR count). The van der Waals surface area contributed by atoms with Gasteiger partial charge in [0.2, 0.25) is 0 Å². The van der Waals surface area contributed by atoms with E-state index < -0.39 is 0 Å². The molecule has 0 amide bonds. The molecule has 2 heterocycles. The van der Waals surface area contributed by atoms with E-state index in [1.165, 1.54) is 0 Å². The summed E-state index contributed by atoms with van der Waals surface area (Å²) in [4.78, 5) is 0. The first-order valence-corrected chi connectivity index (χ1v) is 4.78. The maximum absolute atomic E-state index is 5.71. The highest BCUT2D eigenvalue weighted by molar-refractivity contribution is 5.12. The summed E-state index contributed by atoms with van der Waals surface area (Å²) in [5.41, 5.74) is 0. The Hall–Kier alpha value is -1.03. The summed E-state index contributed by atoms with van der Waals surface area (Å²) in [6.45, 7) is 4.98. The Kier molecular flexibility index (Phi) is 2.49. The summed E-state index contributed by atoms with van der Waals surface area (Å²) in [6, 6.07) is 0. The fourth-order valence-electron chi connectivity index (χ4n) is 1.50. The van der Waals surface area contributed by atoms with Crippen LogP contribution in [0.3, 0.4) is 0 Å². The van der Waals surface area contributed by atoms with Gasteiger partial charge in [-0.1, -0.05) is 0 Å². The quantitative estimate of drug-likeness (QED) is 0.744. The number of aryl methyl sites for hydroxylation is 1. The zero-order valence-electron chi connectivity index (χ0n) is 7.86. The Labute approximate surface area is 77.9 Å². The molecule has 0 radical (unpaired) electrons. The summed E-state index contributed by atoms with van der Waals surface area (Å²) in [6.07, 6.45) is 5.15. The van der Waals surface area contributed by atoms with E-state index in [-0.39, 0.29) is 0 Å². The van der Waals surface area contributed by atoms with Gasteiger partial charge >= 0.3 is 0 Å². The number of hydrogen-bond donors (Lipinski definition) is 1. The van der Waals surface area contributed by atoms with Gasteiger partial charge in [0.15, 0.2) is 5.75 Å². The monoisotopic (exact) mass is 181 g/mol. The Morgan fingerprint density at radius 2 is 2.69 bits per heavy atom. The number of aromatic nitrogens is 2. The van der Waals surface area contributed by atoms with Crippen molar-refractivity contribution in [2.45, 2.75) is 26.0 Å². The van der Waals surface area contributed by atoms with Crippen molar-refractivity contribution in [2.24, 2.45) is 0 Å². The minimum atomic E-state index is 0.328. The summed E-state index contributed by atoms with van der Waals surface area (Å²) >= 11 is 0. The average molecular weight is 181 g/mol. The Morgan fingerprint density at radius 1 is 1.77 bits per heavy atom. The summed E-state index contributed by atoms with van der Waals surface area (Å²) in [5.74, 6) is 0.885. The van der Waals surface area contributed by atoms with Crippen molar-refractivity contribution in [1.82, 2.24) is 15.1 Å². The molecule has 0 spiro atoms. The van der Waals surface area contributed by atoms with E-state index in [4.69, 9.17) is 4.74 Å². The molecule has 4 nitrogen and oxygen atoms in total. The predicted molar refractivity (Wildman–Crippen MR) is 49.8 cm³/mol. The van der Waals surface area contributed by atoms with Crippen molar-refractivity contribution in [2.75, 3.05) is 13.1 Å². The summed E-state index contributed by atoms with van der Waals surface area (Å²) in [7, 11) is 0. The maximum atomic E-state index is 5.71. The summed E-state index contributed by atoms with van der Waals surface area (Å²) < 4.78 is 7.58. The van der Waals surface area contributed by atoms with E-state index in [2.05, 4.69) is 17.3 Å². The zero-order chi connectivity index (χ0) is 9.10. The zero-order valence-corrected chi connectivity index (χ0v) is 7.86. The van der Waals surface area contributed by atoms with Crippen LogP contribution < -0.4 is 10.1 Å². The molecule has 72 valence electrons. The van der Waals surface area contributed by atoms with Crippen molar-refractivity contribution >= 4 is 0 Å². The summed E-state index contributed by atoms with van der Waals surface area (Å²) in [5, 5.41) is 7.41. The third-order valence-corrected chi connectivity index (χ3v) is 2.25. The first-order chi connectivity index (χ1) is 6.38. The molecule has 1 unspecified atom stereocenters. The second-order valence-electron chi connectivity index (χ2n) is 3.26. The first-order valence-electron chi connectivity index (χ1n) is 4.78. The average Bonchev–Trinajstić information content (AvgIpc) is 2.76. The van der Waals surface area contributed by atoms with Gasteiger partial charge in [-0.25, -0.2) is 0 Å². The molecule has 0 aliphatic carbocycles. The molecule has 0 aromatic carbocycles. The van der Waals surface area contributed by atoms with Crippen molar-refractivity contribution in [3.05, 3.63) is 12.4 Å². The van der Waals surface area contributed by atoms with Crippen LogP contribution in [0.4, 0.5) is 0 Å². The fraction of sp³-hybridized carbons (Fsp3) is 0.667. The van der Waals surface area contributed by atoms with Crippen LogP contribution >= 0.6 is 0 Å². The topological polar surface area (TPSA) is 39.1 Å². The smallest absolute Gasteiger partial charge is 0.157 e. The molecule has 1 aromatic heterocycles. The number of nitrogens with zero attached hydrogens (tertiary/aromatic N) is 2. The van der Waals surface area contributed by atoms with Crippen LogP contribution in [0.15, 0.2) is 12.4 Å². The van der Waals surface area contributed by atoms with Gasteiger partial charge in [0, 0.05) is 13.1 Å². The number of ether oxygens (including phenoxy) is 1. The van der Waals surface area contributed by atoms with E-state index in [9.17, 15) is 0 Å². The molecule has 1 atom stereocenters. The van der Waals surface area contributed by atoms with Crippen LogP contribution in [-0.2, 0) is 6.54 Å². The van der Waals surface area contributed by atoms with Gasteiger partial charge in [-0.05, 0) is 19.9 Å². The Balaban J connectivity index is 1.92. The molecule has 1 saturated heterocycles. The van der Waals surface area contributed by atoms with Crippen molar-refractivity contribution in [1.29, 1.82) is 0 Å². The molecule has 1 N–H and O–H groups in total. The van der Waals surface area contributed by atoms with Gasteiger partial charge in [0.1, 0.15) is 6.10 Å². The highest BCUT2D eigenvalue weighted by atomic mass is 16.5. The predicted octanol–water partition coefficient (Wildman–Crippen LogP) is 0.644. The maximum Gasteiger partial charge on any atom is 0.157 e. The van der Waals surface area contributed by atoms with E-state index in [1.807, 2.05) is 10.9 Å². The standard InChI is InChI=1S/C9H15N3O/c1-2-12-7-9(6-11-12)13-8-3-4-10-5-8/h6-8,10H,2-5H2,1H3. The van der Waals surface area contributed by atoms with Gasteiger partial charge in [0.05, 0.1) is 12.4 Å². The molecular formula is C9H15N3O. The van der Waals surface area contributed by atoms with Crippen LogP contribution in [0, 0.1) is 0 Å². The van der Waals surface area contributed by atoms with Crippen LogP contribution in [-0.4, -0.2) is 29.0 Å². The fourth-order valence-corrected chi connectivity index (χ4v) is 1.50. The highest BCUT2D eigenvalue weighted by Crippen LogP contribution is 2.13. The largest absolute Gasteiger partial charge is 0.486 e. The van der Waals surface area contributed by atoms with E-state index in [0.29, 0.717) is 6.10 Å². The SMILES string of the molecule is CCn1cc(OC2CCNC2)cn1. The lowest BCUT2D eigenvalue weighted by Crippen LogP contribution is -2.19. The van der Waals surface area contributed by atoms with Gasteiger partial charge in [-0.15, -0.1) is 0 Å². The molecule has 0 saturated carbocycles. The van der Waals surface area contributed by atoms with Gasteiger partial charge in [0.25, 0.3) is 0 Å². The van der Waals surface area contributed by atoms with Crippen molar-refractivity contribution < 1.29 is 4.74 Å². The second kappa shape index (κ2) is 3.79. The highest BCUT2D eigenvalue weighted by Gasteiger charge is 2.16. The molecule has 1 aliphatic rings. The molecule has 4 heteroatoms. The van der Waals surface area contributed by atoms with E-state index in [0.717, 1.165) is 31.8 Å². The third kappa shape index (κ3) is 2.01. The second-order valence-corrected chi connectivity index (χ2v) is 3.26. The lowest BCUT2D eigenvalue weighted by Gasteiger charge is -2.09. The van der Waals surface area contributed by atoms with Crippen LogP contribution in [0.5, 0.6) is 5.75 Å². The molecule has 0 bridgehead atoms. The van der Waals surface area contributed by atoms with Crippen molar-refractivity contribution in [3.8, 4) is 5.75 Å². The molecule has 1 fully saturated rings. The molecular weight excluding hydrogens is 166 g/mol. The van der Waals surface area contributed by atoms with E-state index in [1.54, 1.807) is 6.20 Å². The lowest BCUT2D eigenvalue weighted by atomic mass is 10.3. The van der Waals surface area contributed by atoms with Gasteiger partial charge in [-0.3, -0.25) is 4.68 Å². The van der Waals surface area contributed by atoms with Crippen LogP contribution in [0.1, 0.15) is 13.3 Å². The van der Waals surface area contributed by atoms with E-state index >= 15 is 0 Å². The van der Waals surface area contributed by atoms with Gasteiger partial charge in [-0.2, -0.15) is 5.10 Å². The molecule has 1 aliphatic heterocycles. The van der Waals surface area contributed by atoms with Gasteiger partial charge < -0.3 is 10.1 Å². The minimum Gasteiger partial charge on any atom is -0.486 e.